The molecule has 0 saturated heterocycles. The molecule has 0 radical (unpaired) electrons. The van der Waals surface area contributed by atoms with Gasteiger partial charge >= 0.3 is 5.97 Å². The van der Waals surface area contributed by atoms with E-state index in [1.807, 2.05) is 12.1 Å². The van der Waals surface area contributed by atoms with Gasteiger partial charge in [-0.3, -0.25) is 0 Å². The summed E-state index contributed by atoms with van der Waals surface area (Å²) in [5.74, 6) is -1.13. The van der Waals surface area contributed by atoms with Crippen LogP contribution in [0.5, 0.6) is 5.75 Å². The summed E-state index contributed by atoms with van der Waals surface area (Å²) < 4.78 is 31.5. The summed E-state index contributed by atoms with van der Waals surface area (Å²) in [5, 5.41) is 0. The van der Waals surface area contributed by atoms with Crippen LogP contribution < -0.4 is 4.74 Å². The molecule has 1 aliphatic carbocycles. The van der Waals surface area contributed by atoms with Crippen LogP contribution in [0, 0.1) is 17.6 Å². The normalized spacial score (nSPS) is 20.3. The number of esters is 1. The fourth-order valence-corrected chi connectivity index (χ4v) is 3.51. The molecule has 132 valence electrons. The van der Waals surface area contributed by atoms with Crippen molar-refractivity contribution in [1.82, 2.24) is 0 Å². The third-order valence-corrected chi connectivity index (χ3v) is 5.14. The quantitative estimate of drug-likeness (QED) is 0.512. The van der Waals surface area contributed by atoms with Crippen molar-refractivity contribution in [3.63, 3.8) is 0 Å². The molecule has 1 aliphatic rings. The molecule has 25 heavy (non-hydrogen) atoms. The summed E-state index contributed by atoms with van der Waals surface area (Å²) in [6.45, 7) is 2.25. The first kappa shape index (κ1) is 17.6. The summed E-state index contributed by atoms with van der Waals surface area (Å²) >= 11 is 0. The Labute approximate surface area is 146 Å². The summed E-state index contributed by atoms with van der Waals surface area (Å²) in [6, 6.07) is 10.2. The Morgan fingerprint density at radius 1 is 1.04 bits per heavy atom. The second kappa shape index (κ2) is 7.77. The lowest BCUT2D eigenvalue weighted by molar-refractivity contribution is 0.0727. The first-order chi connectivity index (χ1) is 12.1. The van der Waals surface area contributed by atoms with Gasteiger partial charge < -0.3 is 4.74 Å². The Balaban J connectivity index is 1.64. The van der Waals surface area contributed by atoms with Gasteiger partial charge in [0.15, 0.2) is 11.6 Å². The van der Waals surface area contributed by atoms with Crippen LogP contribution in [0.4, 0.5) is 8.78 Å². The van der Waals surface area contributed by atoms with Crippen LogP contribution in [0.25, 0.3) is 0 Å². The van der Waals surface area contributed by atoms with E-state index < -0.39 is 17.6 Å². The van der Waals surface area contributed by atoms with E-state index in [9.17, 15) is 13.6 Å². The first-order valence-corrected chi connectivity index (χ1v) is 8.84. The van der Waals surface area contributed by atoms with E-state index in [4.69, 9.17) is 4.74 Å². The maximum absolute atomic E-state index is 13.6. The molecule has 3 rings (SSSR count). The molecule has 4 heteroatoms. The Bertz CT molecular complexity index is 732. The van der Waals surface area contributed by atoms with Crippen LogP contribution in [-0.2, 0) is 0 Å². The summed E-state index contributed by atoms with van der Waals surface area (Å²) in [5.41, 5.74) is 1.59. The number of carbonyl (C=O) groups is 1. The highest BCUT2D eigenvalue weighted by molar-refractivity contribution is 5.91. The van der Waals surface area contributed by atoms with Crippen molar-refractivity contribution >= 4 is 5.97 Å². The maximum Gasteiger partial charge on any atom is 0.343 e. The van der Waals surface area contributed by atoms with Gasteiger partial charge in [0, 0.05) is 6.07 Å². The number of rotatable bonds is 4. The Kier molecular flexibility index (Phi) is 5.47. The van der Waals surface area contributed by atoms with Crippen LogP contribution in [-0.4, -0.2) is 5.97 Å². The highest BCUT2D eigenvalue weighted by Crippen LogP contribution is 2.36. The van der Waals surface area contributed by atoms with Gasteiger partial charge in [0.25, 0.3) is 0 Å². The molecule has 0 amide bonds. The van der Waals surface area contributed by atoms with E-state index in [1.165, 1.54) is 37.7 Å². The second-order valence-electron chi connectivity index (χ2n) is 6.71. The molecule has 1 fully saturated rings. The van der Waals surface area contributed by atoms with Crippen molar-refractivity contribution < 1.29 is 18.3 Å². The largest absolute Gasteiger partial charge is 0.420 e. The van der Waals surface area contributed by atoms with Gasteiger partial charge in [-0.05, 0) is 67.3 Å². The lowest BCUT2D eigenvalue weighted by Crippen LogP contribution is -2.13. The molecule has 0 heterocycles. The molecule has 0 bridgehead atoms. The highest BCUT2D eigenvalue weighted by Gasteiger charge is 2.21. The predicted molar refractivity (Wildman–Crippen MR) is 92.7 cm³/mol. The lowest BCUT2D eigenvalue weighted by atomic mass is 9.78. The van der Waals surface area contributed by atoms with Crippen molar-refractivity contribution in [2.75, 3.05) is 0 Å². The van der Waals surface area contributed by atoms with E-state index in [1.54, 1.807) is 12.1 Å². The molecule has 0 unspecified atom stereocenters. The van der Waals surface area contributed by atoms with Gasteiger partial charge in [-0.25, -0.2) is 13.6 Å². The van der Waals surface area contributed by atoms with E-state index in [2.05, 4.69) is 6.92 Å². The minimum absolute atomic E-state index is 0.270. The van der Waals surface area contributed by atoms with Crippen LogP contribution >= 0.6 is 0 Å². The highest BCUT2D eigenvalue weighted by atomic mass is 19.1. The first-order valence-electron chi connectivity index (χ1n) is 8.84. The Hall–Kier alpha value is -2.23. The third kappa shape index (κ3) is 4.25. The molecule has 2 aromatic carbocycles. The van der Waals surface area contributed by atoms with Crippen LogP contribution in [0.3, 0.4) is 0 Å². The standard InChI is InChI=1S/C21H22F2O2/c1-2-14-3-5-15(6-4-14)16-7-9-17(10-8-16)21(24)25-20-12-11-18(22)13-19(20)23/h7-15H,2-6H2,1H3. The van der Waals surface area contributed by atoms with Crippen molar-refractivity contribution in [2.24, 2.45) is 5.92 Å². The molecule has 0 N–H and O–H groups in total. The number of ether oxygens (including phenoxy) is 1. The van der Waals surface area contributed by atoms with Crippen molar-refractivity contribution in [3.8, 4) is 5.75 Å². The second-order valence-corrected chi connectivity index (χ2v) is 6.71. The summed E-state index contributed by atoms with van der Waals surface area (Å²) in [4.78, 5) is 12.1. The zero-order chi connectivity index (χ0) is 17.8. The third-order valence-electron chi connectivity index (χ3n) is 5.14. The number of hydrogen-bond acceptors (Lipinski definition) is 2. The molecular formula is C21H22F2O2. The van der Waals surface area contributed by atoms with Crippen LogP contribution in [0.1, 0.15) is 60.9 Å². The fraction of sp³-hybridized carbons (Fsp3) is 0.381. The molecule has 0 aliphatic heterocycles. The van der Waals surface area contributed by atoms with Gasteiger partial charge in [-0.2, -0.15) is 0 Å². The molecule has 0 spiro atoms. The number of carbonyl (C=O) groups excluding carboxylic acids is 1. The van der Waals surface area contributed by atoms with Crippen molar-refractivity contribution in [1.29, 1.82) is 0 Å². The summed E-state index contributed by atoms with van der Waals surface area (Å²) in [6.07, 6.45) is 6.13. The number of halogens is 2. The number of hydrogen-bond donors (Lipinski definition) is 0. The topological polar surface area (TPSA) is 26.3 Å². The van der Waals surface area contributed by atoms with E-state index >= 15 is 0 Å². The monoisotopic (exact) mass is 344 g/mol. The van der Waals surface area contributed by atoms with E-state index in [0.717, 1.165) is 18.1 Å². The zero-order valence-corrected chi connectivity index (χ0v) is 14.3. The van der Waals surface area contributed by atoms with E-state index in [-0.39, 0.29) is 5.75 Å². The smallest absolute Gasteiger partial charge is 0.343 e. The fourth-order valence-electron chi connectivity index (χ4n) is 3.51. The van der Waals surface area contributed by atoms with Gasteiger partial charge in [0.1, 0.15) is 5.82 Å². The molecule has 0 aromatic heterocycles. The average Bonchev–Trinajstić information content (AvgIpc) is 2.64. The summed E-state index contributed by atoms with van der Waals surface area (Å²) in [7, 11) is 0. The maximum atomic E-state index is 13.6. The van der Waals surface area contributed by atoms with Gasteiger partial charge in [-0.15, -0.1) is 0 Å². The van der Waals surface area contributed by atoms with Crippen LogP contribution in [0.2, 0.25) is 0 Å². The van der Waals surface area contributed by atoms with Crippen molar-refractivity contribution in [2.45, 2.75) is 44.9 Å². The molecule has 2 nitrogen and oxygen atoms in total. The van der Waals surface area contributed by atoms with Gasteiger partial charge in [0.05, 0.1) is 5.56 Å². The molecule has 0 atom stereocenters. The Morgan fingerprint density at radius 3 is 2.32 bits per heavy atom. The lowest BCUT2D eigenvalue weighted by Gasteiger charge is -2.28. The van der Waals surface area contributed by atoms with Gasteiger partial charge in [-0.1, -0.05) is 25.5 Å². The molecular weight excluding hydrogens is 322 g/mol. The zero-order valence-electron chi connectivity index (χ0n) is 14.3. The predicted octanol–water partition coefficient (Wildman–Crippen LogP) is 5.87. The minimum atomic E-state index is -0.891. The molecule has 1 saturated carbocycles. The Morgan fingerprint density at radius 2 is 1.72 bits per heavy atom. The van der Waals surface area contributed by atoms with Crippen molar-refractivity contribution in [3.05, 3.63) is 65.2 Å². The molecule has 2 aromatic rings. The average molecular weight is 344 g/mol. The SMILES string of the molecule is CCC1CCC(c2ccc(C(=O)Oc3ccc(F)cc3F)cc2)CC1. The number of benzene rings is 2. The van der Waals surface area contributed by atoms with Crippen LogP contribution in [0.15, 0.2) is 42.5 Å². The minimum Gasteiger partial charge on any atom is -0.420 e. The van der Waals surface area contributed by atoms with E-state index in [0.29, 0.717) is 17.5 Å². The van der Waals surface area contributed by atoms with Gasteiger partial charge in [0.2, 0.25) is 0 Å².